The third-order valence-corrected chi connectivity index (χ3v) is 0.781. The van der Waals surface area contributed by atoms with Gasteiger partial charge < -0.3 is 15.8 Å². The minimum atomic E-state index is 0.294. The van der Waals surface area contributed by atoms with Gasteiger partial charge in [-0.15, -0.1) is 0 Å². The summed E-state index contributed by atoms with van der Waals surface area (Å²) >= 11 is 4.53. The lowest BCUT2D eigenvalue weighted by Gasteiger charge is -2.01. The van der Waals surface area contributed by atoms with Crippen LogP contribution in [-0.2, 0) is 4.74 Å². The summed E-state index contributed by atoms with van der Waals surface area (Å²) in [5.41, 5.74) is 5.11. The average molecular weight is 146 g/mol. The molecule has 3 nitrogen and oxygen atoms in total. The minimum Gasteiger partial charge on any atom is -0.500 e. The van der Waals surface area contributed by atoms with E-state index in [0.717, 1.165) is 0 Å². The van der Waals surface area contributed by atoms with Crippen LogP contribution in [0.25, 0.3) is 0 Å². The molecule has 0 unspecified atom stereocenters. The van der Waals surface area contributed by atoms with Crippen molar-refractivity contribution in [3.05, 3.63) is 12.8 Å². The van der Waals surface area contributed by atoms with Gasteiger partial charge in [-0.1, -0.05) is 6.58 Å². The molecule has 0 aromatic heterocycles. The van der Waals surface area contributed by atoms with Gasteiger partial charge >= 0.3 is 0 Å². The largest absolute Gasteiger partial charge is 0.500 e. The molecular weight excluding hydrogens is 136 g/mol. The number of hydrogen-bond acceptors (Lipinski definition) is 2. The lowest BCUT2D eigenvalue weighted by atomic mass is 10.7. The Balaban J connectivity index is 2.91. The van der Waals surface area contributed by atoms with E-state index < -0.39 is 0 Å². The first kappa shape index (κ1) is 8.23. The van der Waals surface area contributed by atoms with Crippen molar-refractivity contribution < 1.29 is 4.74 Å². The highest BCUT2D eigenvalue weighted by molar-refractivity contribution is 7.80. The molecule has 0 spiro atoms. The van der Waals surface area contributed by atoms with Gasteiger partial charge in [0.05, 0.1) is 12.8 Å². The van der Waals surface area contributed by atoms with Crippen molar-refractivity contribution >= 4 is 17.3 Å². The van der Waals surface area contributed by atoms with E-state index in [4.69, 9.17) is 10.5 Å². The molecule has 0 aliphatic heterocycles. The zero-order valence-corrected chi connectivity index (χ0v) is 5.91. The maximum Gasteiger partial charge on any atom is 0.163 e. The Morgan fingerprint density at radius 3 is 3.00 bits per heavy atom. The zero-order valence-electron chi connectivity index (χ0n) is 5.09. The number of nitrogens with two attached hydrogens (primary N) is 1. The zero-order chi connectivity index (χ0) is 7.11. The number of nitrogens with one attached hydrogen (secondary N) is 1. The third kappa shape index (κ3) is 7.23. The molecule has 0 aliphatic rings. The maximum atomic E-state index is 5.11. The summed E-state index contributed by atoms with van der Waals surface area (Å²) in [5.74, 6) is 0. The summed E-state index contributed by atoms with van der Waals surface area (Å²) < 4.78 is 4.77. The molecule has 0 aromatic rings. The summed E-state index contributed by atoms with van der Waals surface area (Å²) in [4.78, 5) is 0. The molecule has 9 heavy (non-hydrogen) atoms. The van der Waals surface area contributed by atoms with Crippen molar-refractivity contribution in [3.8, 4) is 0 Å². The highest BCUT2D eigenvalue weighted by Crippen LogP contribution is 1.69. The molecule has 0 amide bonds. The Kier molecular flexibility index (Phi) is 4.91. The third-order valence-electron chi connectivity index (χ3n) is 0.637. The van der Waals surface area contributed by atoms with Gasteiger partial charge in [0.1, 0.15) is 6.61 Å². The van der Waals surface area contributed by atoms with Gasteiger partial charge in [0.15, 0.2) is 5.11 Å². The van der Waals surface area contributed by atoms with Crippen LogP contribution in [0, 0.1) is 0 Å². The molecule has 0 saturated carbocycles. The minimum absolute atomic E-state index is 0.294. The van der Waals surface area contributed by atoms with Gasteiger partial charge in [0.25, 0.3) is 0 Å². The molecule has 0 rings (SSSR count). The summed E-state index contributed by atoms with van der Waals surface area (Å²) in [7, 11) is 0. The summed E-state index contributed by atoms with van der Waals surface area (Å²) in [6, 6.07) is 0. The summed E-state index contributed by atoms with van der Waals surface area (Å²) in [5, 5.41) is 3.01. The van der Waals surface area contributed by atoms with E-state index in [0.29, 0.717) is 18.3 Å². The lowest BCUT2D eigenvalue weighted by Crippen LogP contribution is -2.31. The summed E-state index contributed by atoms with van der Waals surface area (Å²) in [6.07, 6.45) is 1.38. The smallest absolute Gasteiger partial charge is 0.163 e. The quantitative estimate of drug-likeness (QED) is 0.332. The van der Waals surface area contributed by atoms with Crippen molar-refractivity contribution in [2.75, 3.05) is 13.2 Å². The first-order chi connectivity index (χ1) is 4.27. The molecule has 3 N–H and O–H groups in total. The molecule has 0 heterocycles. The summed E-state index contributed by atoms with van der Waals surface area (Å²) in [6.45, 7) is 4.53. The Morgan fingerprint density at radius 1 is 1.89 bits per heavy atom. The molecule has 0 aromatic carbocycles. The van der Waals surface area contributed by atoms with Crippen molar-refractivity contribution in [2.24, 2.45) is 5.73 Å². The fourth-order valence-corrected chi connectivity index (χ4v) is 0.419. The molecule has 0 aliphatic carbocycles. The Bertz CT molecular complexity index is 105. The molecule has 4 heteroatoms. The average Bonchev–Trinajstić information content (AvgIpc) is 1.80. The van der Waals surface area contributed by atoms with Crippen molar-refractivity contribution in [1.29, 1.82) is 0 Å². The Morgan fingerprint density at radius 2 is 2.56 bits per heavy atom. The van der Waals surface area contributed by atoms with E-state index in [1.165, 1.54) is 6.26 Å². The van der Waals surface area contributed by atoms with E-state index in [1.807, 2.05) is 0 Å². The van der Waals surface area contributed by atoms with Crippen molar-refractivity contribution in [1.82, 2.24) is 5.32 Å². The lowest BCUT2D eigenvalue weighted by molar-refractivity contribution is 0.256. The van der Waals surface area contributed by atoms with E-state index in [2.05, 4.69) is 24.1 Å². The monoisotopic (exact) mass is 146 g/mol. The van der Waals surface area contributed by atoms with Gasteiger partial charge in [0, 0.05) is 0 Å². The van der Waals surface area contributed by atoms with E-state index in [9.17, 15) is 0 Å². The Hall–Kier alpha value is -0.770. The second-order valence-corrected chi connectivity index (χ2v) is 1.77. The van der Waals surface area contributed by atoms with Crippen LogP contribution < -0.4 is 11.1 Å². The second kappa shape index (κ2) is 5.37. The van der Waals surface area contributed by atoms with Crippen molar-refractivity contribution in [3.63, 3.8) is 0 Å². The molecule has 52 valence electrons. The number of hydrogen-bond donors (Lipinski definition) is 2. The van der Waals surface area contributed by atoms with Crippen LogP contribution in [0.3, 0.4) is 0 Å². The Labute approximate surface area is 59.9 Å². The molecule has 0 radical (unpaired) electrons. The van der Waals surface area contributed by atoms with E-state index >= 15 is 0 Å². The van der Waals surface area contributed by atoms with Crippen LogP contribution in [0.2, 0.25) is 0 Å². The normalized spacial score (nSPS) is 8.00. The standard InChI is InChI=1S/C5H10N2OS/c1-2-8-4-3-7-5(6)9/h2H,1,3-4H2,(H3,6,7,9). The van der Waals surface area contributed by atoms with Crippen molar-refractivity contribution in [2.45, 2.75) is 0 Å². The predicted octanol–water partition coefficient (Wildman–Crippen LogP) is -0.0203. The topological polar surface area (TPSA) is 47.3 Å². The first-order valence-corrected chi connectivity index (χ1v) is 2.94. The number of thiocarbonyl (C=S) groups is 1. The van der Waals surface area contributed by atoms with Gasteiger partial charge in [0.2, 0.25) is 0 Å². The highest BCUT2D eigenvalue weighted by Gasteiger charge is 1.83. The van der Waals surface area contributed by atoms with Gasteiger partial charge in [-0.05, 0) is 12.2 Å². The van der Waals surface area contributed by atoms with Gasteiger partial charge in [-0.2, -0.15) is 0 Å². The van der Waals surface area contributed by atoms with Crippen LogP contribution in [0.5, 0.6) is 0 Å². The van der Waals surface area contributed by atoms with Gasteiger partial charge in [-0.25, -0.2) is 0 Å². The molecular formula is C5H10N2OS. The molecule has 0 atom stereocenters. The van der Waals surface area contributed by atoms with Crippen LogP contribution in [-0.4, -0.2) is 18.3 Å². The number of ether oxygens (including phenoxy) is 1. The van der Waals surface area contributed by atoms with E-state index in [-0.39, 0.29) is 0 Å². The highest BCUT2D eigenvalue weighted by atomic mass is 32.1. The van der Waals surface area contributed by atoms with Gasteiger partial charge in [-0.3, -0.25) is 0 Å². The number of rotatable bonds is 4. The molecule has 0 bridgehead atoms. The fourth-order valence-electron chi connectivity index (χ4n) is 0.316. The predicted molar refractivity (Wildman–Crippen MR) is 40.9 cm³/mol. The molecule has 0 fully saturated rings. The SMILES string of the molecule is C=COCCNC(N)=S. The van der Waals surface area contributed by atoms with Crippen LogP contribution in [0.1, 0.15) is 0 Å². The first-order valence-electron chi connectivity index (χ1n) is 2.53. The van der Waals surface area contributed by atoms with E-state index in [1.54, 1.807) is 0 Å². The second-order valence-electron chi connectivity index (χ2n) is 1.33. The maximum absolute atomic E-state index is 5.11. The fraction of sp³-hybridized carbons (Fsp3) is 0.400. The van der Waals surface area contributed by atoms with Crippen LogP contribution in [0.15, 0.2) is 12.8 Å². The van der Waals surface area contributed by atoms with Crippen LogP contribution >= 0.6 is 12.2 Å². The molecule has 0 saturated heterocycles. The van der Waals surface area contributed by atoms with Crippen LogP contribution in [0.4, 0.5) is 0 Å².